The van der Waals surface area contributed by atoms with E-state index in [0.29, 0.717) is 18.3 Å². The monoisotopic (exact) mass is 275 g/mol. The zero-order chi connectivity index (χ0) is 14.4. The van der Waals surface area contributed by atoms with Gasteiger partial charge in [-0.3, -0.25) is 0 Å². The zero-order valence-corrected chi connectivity index (χ0v) is 12.0. The predicted molar refractivity (Wildman–Crippen MR) is 77.6 cm³/mol. The minimum Gasteiger partial charge on any atom is -0.494 e. The van der Waals surface area contributed by atoms with Crippen molar-refractivity contribution in [3.8, 4) is 17.2 Å². The molecule has 1 aromatic heterocycles. The van der Waals surface area contributed by atoms with Crippen molar-refractivity contribution in [2.24, 2.45) is 5.73 Å². The van der Waals surface area contributed by atoms with Crippen LogP contribution in [0.15, 0.2) is 28.8 Å². The summed E-state index contributed by atoms with van der Waals surface area (Å²) < 4.78 is 10.9. The first kappa shape index (κ1) is 14.5. The molecule has 0 saturated carbocycles. The molecule has 0 fully saturated rings. The van der Waals surface area contributed by atoms with E-state index in [1.54, 1.807) is 0 Å². The van der Waals surface area contributed by atoms with Crippen LogP contribution >= 0.6 is 0 Å². The Hall–Kier alpha value is -1.88. The molecule has 20 heavy (non-hydrogen) atoms. The van der Waals surface area contributed by atoms with E-state index >= 15 is 0 Å². The van der Waals surface area contributed by atoms with Gasteiger partial charge in [0.2, 0.25) is 0 Å². The first-order valence-electron chi connectivity index (χ1n) is 7.01. The number of unbranched alkanes of at least 4 members (excludes halogenated alkanes) is 1. The van der Waals surface area contributed by atoms with Crippen LogP contribution in [0.4, 0.5) is 0 Å². The molecule has 2 N–H and O–H groups in total. The Balaban J connectivity index is 2.04. The third-order valence-corrected chi connectivity index (χ3v) is 3.10. The normalized spacial score (nSPS) is 12.3. The number of rotatable bonds is 7. The van der Waals surface area contributed by atoms with E-state index in [9.17, 15) is 0 Å². The van der Waals surface area contributed by atoms with Crippen LogP contribution in [0, 0.1) is 0 Å². The van der Waals surface area contributed by atoms with Crippen molar-refractivity contribution in [3.63, 3.8) is 0 Å². The van der Waals surface area contributed by atoms with Crippen LogP contribution in [-0.2, 0) is 0 Å². The van der Waals surface area contributed by atoms with Crippen molar-refractivity contribution in [2.45, 2.75) is 32.6 Å². The second-order valence-corrected chi connectivity index (χ2v) is 4.82. The molecule has 0 saturated heterocycles. The van der Waals surface area contributed by atoms with Gasteiger partial charge in [0, 0.05) is 18.0 Å². The second-order valence-electron chi connectivity index (χ2n) is 4.82. The number of benzene rings is 1. The second kappa shape index (κ2) is 7.05. The summed E-state index contributed by atoms with van der Waals surface area (Å²) in [4.78, 5) is 4.36. The molecule has 108 valence electrons. The van der Waals surface area contributed by atoms with Crippen LogP contribution in [0.3, 0.4) is 0 Å². The molecule has 0 amide bonds. The number of hydrogen-bond acceptors (Lipinski definition) is 5. The molecule has 0 aliphatic carbocycles. The van der Waals surface area contributed by atoms with Crippen molar-refractivity contribution in [3.05, 3.63) is 30.1 Å². The lowest BCUT2D eigenvalue weighted by Crippen LogP contribution is -2.10. The average molecular weight is 275 g/mol. The van der Waals surface area contributed by atoms with Gasteiger partial charge in [0.25, 0.3) is 5.89 Å². The Morgan fingerprint density at radius 3 is 2.70 bits per heavy atom. The summed E-state index contributed by atoms with van der Waals surface area (Å²) in [7, 11) is 0. The Labute approximate surface area is 119 Å². The van der Waals surface area contributed by atoms with Gasteiger partial charge in [-0.25, -0.2) is 0 Å². The minimum absolute atomic E-state index is 0.101. The molecule has 0 spiro atoms. The van der Waals surface area contributed by atoms with Crippen LogP contribution in [0.25, 0.3) is 11.5 Å². The Morgan fingerprint density at radius 2 is 2.05 bits per heavy atom. The summed E-state index contributed by atoms with van der Waals surface area (Å²) in [6.07, 6.45) is 2.19. The van der Waals surface area contributed by atoms with Gasteiger partial charge in [-0.05, 0) is 30.7 Å². The summed E-state index contributed by atoms with van der Waals surface area (Å²) >= 11 is 0. The molecule has 2 aromatic rings. The van der Waals surface area contributed by atoms with Crippen LogP contribution in [-0.4, -0.2) is 23.3 Å². The summed E-state index contributed by atoms with van der Waals surface area (Å²) in [5, 5.41) is 3.95. The Kier molecular flexibility index (Phi) is 5.12. The van der Waals surface area contributed by atoms with Crippen LogP contribution in [0.5, 0.6) is 5.75 Å². The topological polar surface area (TPSA) is 74.2 Å². The maximum Gasteiger partial charge on any atom is 0.257 e. The summed E-state index contributed by atoms with van der Waals surface area (Å²) in [5.74, 6) is 2.12. The summed E-state index contributed by atoms with van der Waals surface area (Å²) in [6, 6.07) is 7.68. The van der Waals surface area contributed by atoms with Gasteiger partial charge >= 0.3 is 0 Å². The van der Waals surface area contributed by atoms with E-state index in [0.717, 1.165) is 30.8 Å². The van der Waals surface area contributed by atoms with Crippen LogP contribution in [0.1, 0.15) is 38.4 Å². The molecule has 5 nitrogen and oxygen atoms in total. The van der Waals surface area contributed by atoms with Gasteiger partial charge in [0.15, 0.2) is 5.82 Å². The fraction of sp³-hybridized carbons (Fsp3) is 0.467. The highest BCUT2D eigenvalue weighted by atomic mass is 16.5. The van der Waals surface area contributed by atoms with E-state index in [1.165, 1.54) is 0 Å². The standard InChI is InChI=1S/C15H21N3O2/c1-3-4-9-19-13-7-5-12(6-8-13)15-17-14(18-20-15)11(2)10-16/h5-8,11H,3-4,9-10,16H2,1-2H3. The number of ether oxygens (including phenoxy) is 1. The molecule has 0 aliphatic heterocycles. The number of aromatic nitrogens is 2. The molecular weight excluding hydrogens is 254 g/mol. The fourth-order valence-electron chi connectivity index (χ4n) is 1.69. The lowest BCUT2D eigenvalue weighted by molar-refractivity contribution is 0.309. The largest absolute Gasteiger partial charge is 0.494 e. The maximum absolute atomic E-state index is 5.61. The zero-order valence-electron chi connectivity index (χ0n) is 12.0. The van der Waals surface area contributed by atoms with E-state index in [-0.39, 0.29) is 5.92 Å². The van der Waals surface area contributed by atoms with E-state index in [4.69, 9.17) is 15.0 Å². The molecule has 1 unspecified atom stereocenters. The summed E-state index contributed by atoms with van der Waals surface area (Å²) in [5.41, 5.74) is 6.48. The van der Waals surface area contributed by atoms with Crippen molar-refractivity contribution in [2.75, 3.05) is 13.2 Å². The first-order valence-corrected chi connectivity index (χ1v) is 7.01. The van der Waals surface area contributed by atoms with Gasteiger partial charge in [0.05, 0.1) is 6.61 Å². The van der Waals surface area contributed by atoms with Crippen LogP contribution < -0.4 is 10.5 Å². The Morgan fingerprint density at radius 1 is 1.30 bits per heavy atom. The molecule has 1 aromatic carbocycles. The third-order valence-electron chi connectivity index (χ3n) is 3.10. The minimum atomic E-state index is 0.101. The highest BCUT2D eigenvalue weighted by Crippen LogP contribution is 2.22. The molecule has 5 heteroatoms. The van der Waals surface area contributed by atoms with E-state index in [2.05, 4.69) is 17.1 Å². The quantitative estimate of drug-likeness (QED) is 0.786. The van der Waals surface area contributed by atoms with E-state index < -0.39 is 0 Å². The third kappa shape index (κ3) is 3.57. The molecule has 0 bridgehead atoms. The van der Waals surface area contributed by atoms with Gasteiger partial charge in [0.1, 0.15) is 5.75 Å². The van der Waals surface area contributed by atoms with Crippen LogP contribution in [0.2, 0.25) is 0 Å². The van der Waals surface area contributed by atoms with Crippen molar-refractivity contribution < 1.29 is 9.26 Å². The molecule has 1 heterocycles. The van der Waals surface area contributed by atoms with E-state index in [1.807, 2.05) is 31.2 Å². The highest BCUT2D eigenvalue weighted by molar-refractivity contribution is 5.54. The number of hydrogen-bond donors (Lipinski definition) is 1. The van der Waals surface area contributed by atoms with Crippen molar-refractivity contribution in [1.82, 2.24) is 10.1 Å². The molecule has 0 aliphatic rings. The van der Waals surface area contributed by atoms with Gasteiger partial charge in [-0.15, -0.1) is 0 Å². The number of nitrogens with two attached hydrogens (primary N) is 1. The Bertz CT molecular complexity index is 522. The van der Waals surface area contributed by atoms with Gasteiger partial charge in [-0.1, -0.05) is 25.4 Å². The average Bonchev–Trinajstić information content (AvgIpc) is 2.97. The SMILES string of the molecule is CCCCOc1ccc(-c2nc(C(C)CN)no2)cc1. The molecule has 2 rings (SSSR count). The van der Waals surface area contributed by atoms with Gasteiger partial charge < -0.3 is 15.0 Å². The highest BCUT2D eigenvalue weighted by Gasteiger charge is 2.13. The summed E-state index contributed by atoms with van der Waals surface area (Å²) in [6.45, 7) is 5.36. The van der Waals surface area contributed by atoms with Crippen molar-refractivity contribution in [1.29, 1.82) is 0 Å². The molecule has 1 atom stereocenters. The van der Waals surface area contributed by atoms with Crippen molar-refractivity contribution >= 4 is 0 Å². The number of nitrogens with zero attached hydrogens (tertiary/aromatic N) is 2. The van der Waals surface area contributed by atoms with Gasteiger partial charge in [-0.2, -0.15) is 4.98 Å². The lowest BCUT2D eigenvalue weighted by Gasteiger charge is -2.05. The molecule has 0 radical (unpaired) electrons. The maximum atomic E-state index is 5.61. The lowest BCUT2D eigenvalue weighted by atomic mass is 10.2. The smallest absolute Gasteiger partial charge is 0.257 e. The molecular formula is C15H21N3O2. The fourth-order valence-corrected chi connectivity index (χ4v) is 1.69. The predicted octanol–water partition coefficient (Wildman–Crippen LogP) is 2.98. The first-order chi connectivity index (χ1) is 9.74.